The average molecular weight is 449 g/mol. The summed E-state index contributed by atoms with van der Waals surface area (Å²) in [6.07, 6.45) is 32.1. The number of rotatable bonds is 16. The van der Waals surface area contributed by atoms with Gasteiger partial charge >= 0.3 is 11.9 Å². The molecule has 1 aromatic carbocycles. The van der Waals surface area contributed by atoms with Gasteiger partial charge in [-0.25, -0.2) is 4.79 Å². The number of hydrogen-bond acceptors (Lipinski definition) is 3. The number of ether oxygens (including phenoxy) is 1. The van der Waals surface area contributed by atoms with Gasteiger partial charge in [-0.1, -0.05) is 92.0 Å². The summed E-state index contributed by atoms with van der Waals surface area (Å²) in [5.74, 6) is -1.48. The first-order chi connectivity index (χ1) is 16.1. The van der Waals surface area contributed by atoms with Crippen molar-refractivity contribution in [2.24, 2.45) is 0 Å². The van der Waals surface area contributed by atoms with E-state index in [-0.39, 0.29) is 17.7 Å². The highest BCUT2D eigenvalue weighted by Crippen LogP contribution is 2.18. The Kier molecular flexibility index (Phi) is 16.2. The second kappa shape index (κ2) is 19.3. The van der Waals surface area contributed by atoms with Gasteiger partial charge in [-0.2, -0.15) is 0 Å². The van der Waals surface area contributed by atoms with Crippen LogP contribution in [0.15, 0.2) is 97.2 Å². The molecule has 0 aliphatic heterocycles. The first kappa shape index (κ1) is 27.6. The molecular weight excluding hydrogens is 412 g/mol. The van der Waals surface area contributed by atoms with Crippen molar-refractivity contribution >= 4 is 11.9 Å². The molecule has 0 saturated heterocycles. The number of hydrogen-bond donors (Lipinski definition) is 1. The Labute approximate surface area is 198 Å². The van der Waals surface area contributed by atoms with Crippen LogP contribution in [0.3, 0.4) is 0 Å². The van der Waals surface area contributed by atoms with Crippen molar-refractivity contribution in [2.45, 2.75) is 58.3 Å². The molecule has 0 saturated carbocycles. The van der Waals surface area contributed by atoms with Crippen LogP contribution in [0, 0.1) is 0 Å². The van der Waals surface area contributed by atoms with Crippen LogP contribution < -0.4 is 4.74 Å². The first-order valence-corrected chi connectivity index (χ1v) is 11.6. The molecule has 1 rings (SSSR count). The van der Waals surface area contributed by atoms with E-state index in [9.17, 15) is 9.59 Å². The number of allylic oxidation sites excluding steroid dienone is 12. The number of aromatic carboxylic acids is 1. The molecule has 0 fully saturated rings. The summed E-state index contributed by atoms with van der Waals surface area (Å²) in [5, 5.41) is 9.10. The predicted molar refractivity (Wildman–Crippen MR) is 136 cm³/mol. The molecule has 0 atom stereocenters. The smallest absolute Gasteiger partial charge is 0.339 e. The third kappa shape index (κ3) is 15.1. The van der Waals surface area contributed by atoms with Crippen molar-refractivity contribution in [3.8, 4) is 5.75 Å². The standard InChI is InChI=1S/C29H36O4/c1-2-3-4-5-6-7-8-9-10-11-12-13-14-15-16-17-18-19-20-25-28(30)33-27-24-22-21-23-26(27)29(31)32/h3-4,6-7,9-10,12-13,15-16,18-19,21-24H,2,5,8,11,14,17,20,25H2,1H3,(H,31,32). The Morgan fingerprint density at radius 2 is 1.18 bits per heavy atom. The minimum Gasteiger partial charge on any atom is -0.478 e. The van der Waals surface area contributed by atoms with Crippen molar-refractivity contribution in [3.05, 3.63) is 103 Å². The monoisotopic (exact) mass is 448 g/mol. The second-order valence-electron chi connectivity index (χ2n) is 7.23. The van der Waals surface area contributed by atoms with E-state index in [1.165, 1.54) is 12.1 Å². The fourth-order valence-corrected chi connectivity index (χ4v) is 2.75. The van der Waals surface area contributed by atoms with Gasteiger partial charge in [0.05, 0.1) is 0 Å². The molecule has 33 heavy (non-hydrogen) atoms. The number of carboxylic acid groups (broad SMARTS) is 1. The van der Waals surface area contributed by atoms with Gasteiger partial charge in [-0.15, -0.1) is 0 Å². The Morgan fingerprint density at radius 1 is 0.727 bits per heavy atom. The summed E-state index contributed by atoms with van der Waals surface area (Å²) >= 11 is 0. The van der Waals surface area contributed by atoms with Crippen LogP contribution in [0.4, 0.5) is 0 Å². The van der Waals surface area contributed by atoms with Gasteiger partial charge in [0.2, 0.25) is 0 Å². The number of esters is 1. The zero-order valence-corrected chi connectivity index (χ0v) is 19.6. The van der Waals surface area contributed by atoms with Gasteiger partial charge in [-0.3, -0.25) is 4.79 Å². The third-order valence-electron chi connectivity index (χ3n) is 4.45. The fraction of sp³-hybridized carbons (Fsp3) is 0.310. The van der Waals surface area contributed by atoms with Crippen molar-refractivity contribution in [1.82, 2.24) is 0 Å². The average Bonchev–Trinajstić information content (AvgIpc) is 2.80. The van der Waals surface area contributed by atoms with Gasteiger partial charge < -0.3 is 9.84 Å². The Bertz CT molecular complexity index is 869. The molecule has 176 valence electrons. The van der Waals surface area contributed by atoms with Gasteiger partial charge in [-0.05, 0) is 57.1 Å². The lowest BCUT2D eigenvalue weighted by molar-refractivity contribution is -0.134. The van der Waals surface area contributed by atoms with Crippen molar-refractivity contribution in [2.75, 3.05) is 0 Å². The minimum atomic E-state index is -1.12. The lowest BCUT2D eigenvalue weighted by Crippen LogP contribution is -2.10. The number of carbonyl (C=O) groups excluding carboxylic acids is 1. The van der Waals surface area contributed by atoms with Gasteiger partial charge in [0.25, 0.3) is 0 Å². The summed E-state index contributed by atoms with van der Waals surface area (Å²) in [4.78, 5) is 23.0. The van der Waals surface area contributed by atoms with E-state index in [4.69, 9.17) is 9.84 Å². The Balaban J connectivity index is 2.09. The van der Waals surface area contributed by atoms with Gasteiger partial charge in [0, 0.05) is 6.42 Å². The normalized spacial score (nSPS) is 12.4. The van der Waals surface area contributed by atoms with E-state index in [0.717, 1.165) is 38.5 Å². The van der Waals surface area contributed by atoms with Crippen LogP contribution in [0.1, 0.15) is 68.6 Å². The zero-order chi connectivity index (χ0) is 24.0. The largest absolute Gasteiger partial charge is 0.478 e. The fourth-order valence-electron chi connectivity index (χ4n) is 2.75. The molecule has 4 heteroatoms. The van der Waals surface area contributed by atoms with Crippen molar-refractivity contribution < 1.29 is 19.4 Å². The van der Waals surface area contributed by atoms with Gasteiger partial charge in [0.1, 0.15) is 11.3 Å². The van der Waals surface area contributed by atoms with Crippen LogP contribution in [0.5, 0.6) is 5.75 Å². The molecule has 0 amide bonds. The van der Waals surface area contributed by atoms with E-state index in [2.05, 4.69) is 67.7 Å². The van der Waals surface area contributed by atoms with Crippen LogP contribution in [-0.4, -0.2) is 17.0 Å². The van der Waals surface area contributed by atoms with E-state index in [1.54, 1.807) is 12.1 Å². The molecule has 1 N–H and O–H groups in total. The highest BCUT2D eigenvalue weighted by Gasteiger charge is 2.13. The molecular formula is C29H36O4. The van der Waals surface area contributed by atoms with Crippen molar-refractivity contribution in [3.63, 3.8) is 0 Å². The quantitative estimate of drug-likeness (QED) is 0.159. The van der Waals surface area contributed by atoms with E-state index >= 15 is 0 Å². The van der Waals surface area contributed by atoms with E-state index < -0.39 is 11.9 Å². The highest BCUT2D eigenvalue weighted by atomic mass is 16.5. The first-order valence-electron chi connectivity index (χ1n) is 11.6. The highest BCUT2D eigenvalue weighted by molar-refractivity contribution is 5.91. The SMILES string of the molecule is CCC=CCC=CCC=CCC=CCC=CCC=CCCC(=O)Oc1ccccc1C(=O)O. The zero-order valence-electron chi connectivity index (χ0n) is 19.6. The van der Waals surface area contributed by atoms with E-state index in [1.807, 2.05) is 12.2 Å². The summed E-state index contributed by atoms with van der Waals surface area (Å²) in [6, 6.07) is 6.13. The molecule has 0 unspecified atom stereocenters. The Hall–Kier alpha value is -3.40. The maximum absolute atomic E-state index is 11.9. The summed E-state index contributed by atoms with van der Waals surface area (Å²) < 4.78 is 5.16. The molecule has 0 spiro atoms. The molecule has 0 radical (unpaired) electrons. The lowest BCUT2D eigenvalue weighted by Gasteiger charge is -2.06. The second-order valence-corrected chi connectivity index (χ2v) is 7.23. The topological polar surface area (TPSA) is 63.6 Å². The minimum absolute atomic E-state index is 0.0141. The van der Waals surface area contributed by atoms with Crippen molar-refractivity contribution in [1.29, 1.82) is 0 Å². The van der Waals surface area contributed by atoms with Crippen LogP contribution in [0.25, 0.3) is 0 Å². The number of benzene rings is 1. The van der Waals surface area contributed by atoms with Gasteiger partial charge in [0.15, 0.2) is 0 Å². The van der Waals surface area contributed by atoms with Crippen LogP contribution in [0.2, 0.25) is 0 Å². The molecule has 0 aliphatic rings. The number of carbonyl (C=O) groups is 2. The third-order valence-corrected chi connectivity index (χ3v) is 4.45. The molecule has 0 aromatic heterocycles. The van der Waals surface area contributed by atoms with E-state index in [0.29, 0.717) is 6.42 Å². The van der Waals surface area contributed by atoms with Crippen LogP contribution >= 0.6 is 0 Å². The number of carboxylic acids is 1. The Morgan fingerprint density at radius 3 is 1.67 bits per heavy atom. The lowest BCUT2D eigenvalue weighted by atomic mass is 10.2. The molecule has 4 nitrogen and oxygen atoms in total. The predicted octanol–water partition coefficient (Wildman–Crippen LogP) is 7.77. The number of para-hydroxylation sites is 1. The maximum Gasteiger partial charge on any atom is 0.339 e. The van der Waals surface area contributed by atoms with Crippen LogP contribution in [-0.2, 0) is 4.79 Å². The molecule has 0 bridgehead atoms. The summed E-state index contributed by atoms with van der Waals surface area (Å²) in [6.45, 7) is 2.14. The molecule has 0 aliphatic carbocycles. The summed E-state index contributed by atoms with van der Waals surface area (Å²) in [5.41, 5.74) is -0.0141. The maximum atomic E-state index is 11.9. The molecule has 0 heterocycles. The summed E-state index contributed by atoms with van der Waals surface area (Å²) in [7, 11) is 0. The molecule has 1 aromatic rings.